The van der Waals surface area contributed by atoms with Gasteiger partial charge in [0.1, 0.15) is 0 Å². The number of hydrogen-bond donors (Lipinski definition) is 1. The van der Waals surface area contributed by atoms with Crippen molar-refractivity contribution in [3.8, 4) is 0 Å². The van der Waals surface area contributed by atoms with Crippen molar-refractivity contribution in [2.24, 2.45) is 0 Å². The normalized spacial score (nSPS) is 11.3. The zero-order valence-corrected chi connectivity index (χ0v) is 16.0. The molecule has 1 aromatic carbocycles. The van der Waals surface area contributed by atoms with E-state index in [9.17, 15) is 13.2 Å². The molecule has 25 heavy (non-hydrogen) atoms. The van der Waals surface area contributed by atoms with Crippen LogP contribution in [0.2, 0.25) is 0 Å². The predicted molar refractivity (Wildman–Crippen MR) is 101 cm³/mol. The zero-order chi connectivity index (χ0) is 18.4. The maximum Gasteiger partial charge on any atom is 0.254 e. The van der Waals surface area contributed by atoms with Gasteiger partial charge in [0, 0.05) is 23.5 Å². The summed E-state index contributed by atoms with van der Waals surface area (Å²) in [6.45, 7) is 8.37. The first-order chi connectivity index (χ1) is 11.9. The summed E-state index contributed by atoms with van der Waals surface area (Å²) in [5.41, 5.74) is 1.12. The molecule has 134 valence electrons. The number of sulfonamides is 1. The Morgan fingerprint density at radius 1 is 1.36 bits per heavy atom. The van der Waals surface area contributed by atoms with Gasteiger partial charge in [-0.05, 0) is 36.1 Å². The number of thiophene rings is 1. The fraction of sp³-hybridized carbons (Fsp3) is 0.278. The third kappa shape index (κ3) is 4.78. The number of amides is 1. The first-order valence-corrected chi connectivity index (χ1v) is 10.3. The van der Waals surface area contributed by atoms with Gasteiger partial charge in [0.05, 0.1) is 11.4 Å². The number of aryl methyl sites for hydroxylation is 1. The summed E-state index contributed by atoms with van der Waals surface area (Å²) < 4.78 is 26.9. The molecule has 1 heterocycles. The van der Waals surface area contributed by atoms with Gasteiger partial charge in [-0.3, -0.25) is 4.79 Å². The molecule has 2 rings (SSSR count). The Morgan fingerprint density at radius 2 is 2.12 bits per heavy atom. The van der Waals surface area contributed by atoms with Gasteiger partial charge >= 0.3 is 0 Å². The van der Waals surface area contributed by atoms with E-state index in [1.54, 1.807) is 42.2 Å². The average molecular weight is 379 g/mol. The molecular weight excluding hydrogens is 356 g/mol. The summed E-state index contributed by atoms with van der Waals surface area (Å²) in [5, 5.41) is 1.96. The molecule has 1 amide bonds. The maximum absolute atomic E-state index is 13.0. The Kier molecular flexibility index (Phi) is 6.52. The molecule has 2 aromatic rings. The molecule has 0 aliphatic rings. The van der Waals surface area contributed by atoms with Crippen molar-refractivity contribution in [2.45, 2.75) is 25.3 Å². The summed E-state index contributed by atoms with van der Waals surface area (Å²) >= 11 is 1.57. The van der Waals surface area contributed by atoms with Gasteiger partial charge in [-0.25, -0.2) is 13.1 Å². The molecule has 1 N–H and O–H groups in total. The fourth-order valence-electron chi connectivity index (χ4n) is 2.41. The Hall–Kier alpha value is -1.96. The lowest BCUT2D eigenvalue weighted by Gasteiger charge is -2.22. The smallest absolute Gasteiger partial charge is 0.254 e. The molecule has 0 aliphatic carbocycles. The summed E-state index contributed by atoms with van der Waals surface area (Å²) in [6, 6.07) is 8.52. The Balaban J connectivity index is 2.37. The van der Waals surface area contributed by atoms with E-state index in [-0.39, 0.29) is 10.8 Å². The Labute approximate surface area is 153 Å². The van der Waals surface area contributed by atoms with Gasteiger partial charge in [-0.2, -0.15) is 0 Å². The molecule has 0 saturated carbocycles. The van der Waals surface area contributed by atoms with Gasteiger partial charge in [0.25, 0.3) is 5.91 Å². The summed E-state index contributed by atoms with van der Waals surface area (Å²) in [4.78, 5) is 15.8. The van der Waals surface area contributed by atoms with Crippen LogP contribution in [0, 0.1) is 6.92 Å². The predicted octanol–water partition coefficient (Wildman–Crippen LogP) is 3.18. The van der Waals surface area contributed by atoms with Crippen molar-refractivity contribution in [2.75, 3.05) is 13.1 Å². The van der Waals surface area contributed by atoms with Crippen LogP contribution in [0.15, 0.2) is 53.3 Å². The molecule has 0 bridgehead atoms. The van der Waals surface area contributed by atoms with Crippen LogP contribution < -0.4 is 4.72 Å². The molecule has 5 nitrogen and oxygen atoms in total. The monoisotopic (exact) mass is 378 g/mol. The second-order valence-corrected chi connectivity index (χ2v) is 8.33. The van der Waals surface area contributed by atoms with Crippen molar-refractivity contribution >= 4 is 27.3 Å². The van der Waals surface area contributed by atoms with Gasteiger partial charge in [-0.15, -0.1) is 17.9 Å². The van der Waals surface area contributed by atoms with Crippen LogP contribution in [0.4, 0.5) is 0 Å². The largest absolute Gasteiger partial charge is 0.330 e. The fourth-order valence-corrected chi connectivity index (χ4v) is 4.19. The van der Waals surface area contributed by atoms with Crippen molar-refractivity contribution in [1.29, 1.82) is 0 Å². The van der Waals surface area contributed by atoms with Crippen LogP contribution >= 0.6 is 11.3 Å². The van der Waals surface area contributed by atoms with Crippen molar-refractivity contribution in [1.82, 2.24) is 9.62 Å². The van der Waals surface area contributed by atoms with E-state index < -0.39 is 10.0 Å². The van der Waals surface area contributed by atoms with E-state index in [1.807, 2.05) is 17.5 Å². The second-order valence-electron chi connectivity index (χ2n) is 5.53. The number of benzene rings is 1. The Morgan fingerprint density at radius 3 is 2.72 bits per heavy atom. The molecule has 1 aromatic heterocycles. The Bertz CT molecular complexity index is 843. The lowest BCUT2D eigenvalue weighted by atomic mass is 10.1. The highest BCUT2D eigenvalue weighted by atomic mass is 32.2. The minimum Gasteiger partial charge on any atom is -0.330 e. The lowest BCUT2D eigenvalue weighted by molar-refractivity contribution is 0.0763. The zero-order valence-electron chi connectivity index (χ0n) is 14.4. The van der Waals surface area contributed by atoms with Crippen LogP contribution in [0.25, 0.3) is 0 Å². The van der Waals surface area contributed by atoms with Crippen LogP contribution in [0.5, 0.6) is 0 Å². The number of nitrogens with one attached hydrogen (secondary N) is 1. The lowest BCUT2D eigenvalue weighted by Crippen LogP contribution is -2.31. The summed E-state index contributed by atoms with van der Waals surface area (Å²) in [5.74, 6) is -0.209. The second kappa shape index (κ2) is 8.42. The summed E-state index contributed by atoms with van der Waals surface area (Å²) in [6.07, 6.45) is 1.67. The molecule has 0 radical (unpaired) electrons. The third-order valence-electron chi connectivity index (χ3n) is 3.65. The third-order valence-corrected chi connectivity index (χ3v) is 6.05. The molecular formula is C18H22N2O3S2. The highest BCUT2D eigenvalue weighted by Gasteiger charge is 2.21. The summed E-state index contributed by atoms with van der Waals surface area (Å²) in [7, 11) is -3.61. The van der Waals surface area contributed by atoms with Crippen molar-refractivity contribution in [3.05, 3.63) is 64.4 Å². The first-order valence-electron chi connectivity index (χ1n) is 7.92. The molecule has 0 unspecified atom stereocenters. The minimum absolute atomic E-state index is 0.0953. The number of carbonyl (C=O) groups excluding carboxylic acids is 1. The van der Waals surface area contributed by atoms with Crippen LogP contribution in [-0.4, -0.2) is 32.3 Å². The van der Waals surface area contributed by atoms with Gasteiger partial charge in [0.2, 0.25) is 10.0 Å². The molecule has 7 heteroatoms. The minimum atomic E-state index is -3.61. The maximum atomic E-state index is 13.0. The quantitative estimate of drug-likeness (QED) is 0.718. The molecule has 0 saturated heterocycles. The van der Waals surface area contributed by atoms with Gasteiger partial charge < -0.3 is 4.90 Å². The number of nitrogens with zero attached hydrogens (tertiary/aromatic N) is 1. The highest BCUT2D eigenvalue weighted by molar-refractivity contribution is 7.89. The van der Waals surface area contributed by atoms with Crippen LogP contribution in [0.3, 0.4) is 0 Å². The van der Waals surface area contributed by atoms with Crippen molar-refractivity contribution in [3.63, 3.8) is 0 Å². The average Bonchev–Trinajstić information content (AvgIpc) is 3.07. The number of hydrogen-bond acceptors (Lipinski definition) is 4. The topological polar surface area (TPSA) is 66.5 Å². The van der Waals surface area contributed by atoms with E-state index in [0.717, 1.165) is 10.4 Å². The number of carbonyl (C=O) groups is 1. The number of rotatable bonds is 8. The van der Waals surface area contributed by atoms with Gasteiger partial charge in [0.15, 0.2) is 0 Å². The van der Waals surface area contributed by atoms with Crippen LogP contribution in [-0.2, 0) is 16.6 Å². The van der Waals surface area contributed by atoms with Crippen molar-refractivity contribution < 1.29 is 13.2 Å². The SMILES string of the molecule is C=CCN(Cc1cccs1)C(=O)c1cc(S(=O)(=O)NCC)ccc1C. The molecule has 0 atom stereocenters. The van der Waals surface area contributed by atoms with Gasteiger partial charge in [-0.1, -0.05) is 25.1 Å². The molecule has 0 aliphatic heterocycles. The van der Waals surface area contributed by atoms with E-state index in [4.69, 9.17) is 0 Å². The van der Waals surface area contributed by atoms with E-state index in [0.29, 0.717) is 25.2 Å². The molecule has 0 fully saturated rings. The first kappa shape index (κ1) is 19.4. The van der Waals surface area contributed by atoms with E-state index >= 15 is 0 Å². The standard InChI is InChI=1S/C18H22N2O3S2/c1-4-10-20(13-15-7-6-11-24-15)18(21)17-12-16(9-8-14(17)3)25(22,23)19-5-2/h4,6-9,11-12,19H,1,5,10,13H2,2-3H3. The highest BCUT2D eigenvalue weighted by Crippen LogP contribution is 2.20. The van der Waals surface area contributed by atoms with E-state index in [2.05, 4.69) is 11.3 Å². The molecule has 0 spiro atoms. The van der Waals surface area contributed by atoms with Crippen LogP contribution in [0.1, 0.15) is 27.7 Å². The van der Waals surface area contributed by atoms with E-state index in [1.165, 1.54) is 12.1 Å².